The van der Waals surface area contributed by atoms with Gasteiger partial charge in [-0.15, -0.1) is 0 Å². The summed E-state index contributed by atoms with van der Waals surface area (Å²) in [6.07, 6.45) is 12.5. The summed E-state index contributed by atoms with van der Waals surface area (Å²) in [5, 5.41) is 3.40. The largest absolute Gasteiger partial charge is 0.444 e. The van der Waals surface area contributed by atoms with Gasteiger partial charge in [0.05, 0.1) is 0 Å². The van der Waals surface area contributed by atoms with E-state index in [1.54, 1.807) is 0 Å². The van der Waals surface area contributed by atoms with E-state index in [9.17, 15) is 4.79 Å². The first-order valence-electron chi connectivity index (χ1n) is 17.0. The lowest BCUT2D eigenvalue weighted by molar-refractivity contribution is -0.148. The van der Waals surface area contributed by atoms with Gasteiger partial charge < -0.3 is 24.8 Å². The lowest BCUT2D eigenvalue weighted by atomic mass is 10.00. The zero-order valence-electron chi connectivity index (χ0n) is 30.7. The Hall–Kier alpha value is -4.10. The van der Waals surface area contributed by atoms with E-state index in [0.29, 0.717) is 12.3 Å². The van der Waals surface area contributed by atoms with E-state index in [2.05, 4.69) is 66.9 Å². The molecule has 0 bridgehead atoms. The maximum atomic E-state index is 12.1. The summed E-state index contributed by atoms with van der Waals surface area (Å²) in [5.74, 6) is 2.23. The number of esters is 1. The van der Waals surface area contributed by atoms with Gasteiger partial charge >= 0.3 is 5.97 Å². The number of piperazine rings is 1. The molecule has 2 aliphatic heterocycles. The Kier molecular flexibility index (Phi) is 19.5. The molecule has 1 aromatic rings. The van der Waals surface area contributed by atoms with Gasteiger partial charge in [0.25, 0.3) is 0 Å². The average Bonchev–Trinajstić information content (AvgIpc) is 3.09. The van der Waals surface area contributed by atoms with Gasteiger partial charge in [0.1, 0.15) is 11.6 Å². The number of rotatable bonds is 13. The van der Waals surface area contributed by atoms with Crippen molar-refractivity contribution in [1.82, 2.24) is 20.0 Å². The molecule has 0 spiro atoms. The first kappa shape index (κ1) is 40.9. The zero-order chi connectivity index (χ0) is 35.4. The number of benzene rings is 1. The molecular weight excluding hydrogens is 582 g/mol. The summed E-state index contributed by atoms with van der Waals surface area (Å²) >= 11 is 0. The molecule has 1 fully saturated rings. The van der Waals surface area contributed by atoms with Crippen molar-refractivity contribution < 1.29 is 9.53 Å². The lowest BCUT2D eigenvalue weighted by Crippen LogP contribution is -2.46. The SMILES string of the molecule is C=C(/C=C(/C)N(C)COC(=O)CC(CC)CC)C(=C)/C=C1/N=C(C)C=C(N2CCNCC2)N1C.C=C(/C=C\C)c1ccccc1.CC. The molecule has 1 N–H and O–H groups in total. The highest BCUT2D eigenvalue weighted by Crippen LogP contribution is 2.24. The second kappa shape index (κ2) is 22.4. The van der Waals surface area contributed by atoms with E-state index >= 15 is 0 Å². The van der Waals surface area contributed by atoms with Crippen molar-refractivity contribution in [3.63, 3.8) is 0 Å². The van der Waals surface area contributed by atoms with Gasteiger partial charge in [-0.1, -0.05) is 103 Å². The highest BCUT2D eigenvalue weighted by molar-refractivity contribution is 5.94. The molecule has 47 heavy (non-hydrogen) atoms. The summed E-state index contributed by atoms with van der Waals surface area (Å²) in [6.45, 7) is 30.7. The topological polar surface area (TPSA) is 60.4 Å². The Balaban J connectivity index is 0.000000710. The van der Waals surface area contributed by atoms with Crippen LogP contribution in [0.25, 0.3) is 5.57 Å². The molecule has 2 heterocycles. The van der Waals surface area contributed by atoms with Crippen molar-refractivity contribution in [3.05, 3.63) is 114 Å². The molecule has 7 nitrogen and oxygen atoms in total. The van der Waals surface area contributed by atoms with Crippen LogP contribution < -0.4 is 5.32 Å². The van der Waals surface area contributed by atoms with Crippen molar-refractivity contribution >= 4 is 17.3 Å². The van der Waals surface area contributed by atoms with Crippen LogP contribution in [0.2, 0.25) is 0 Å². The van der Waals surface area contributed by atoms with E-state index in [4.69, 9.17) is 9.73 Å². The molecule has 0 saturated carbocycles. The van der Waals surface area contributed by atoms with Gasteiger partial charge in [-0.25, -0.2) is 4.99 Å². The summed E-state index contributed by atoms with van der Waals surface area (Å²) in [6, 6.07) is 10.2. The molecule has 1 saturated heterocycles. The van der Waals surface area contributed by atoms with Crippen LogP contribution in [-0.4, -0.2) is 73.4 Å². The monoisotopic (exact) mass is 643 g/mol. The average molecular weight is 644 g/mol. The van der Waals surface area contributed by atoms with Crippen molar-refractivity contribution in [1.29, 1.82) is 0 Å². The summed E-state index contributed by atoms with van der Waals surface area (Å²) in [5.41, 5.74) is 5.74. The van der Waals surface area contributed by atoms with Crippen LogP contribution in [0.5, 0.6) is 0 Å². The molecule has 258 valence electrons. The fraction of sp³-hybridized carbons (Fsp3) is 0.450. The zero-order valence-corrected chi connectivity index (χ0v) is 30.7. The molecule has 0 unspecified atom stereocenters. The Bertz CT molecular complexity index is 1310. The molecule has 0 atom stereocenters. The second-order valence-electron chi connectivity index (χ2n) is 11.5. The number of nitrogens with one attached hydrogen (secondary N) is 1. The molecule has 0 radical (unpaired) electrons. The van der Waals surface area contributed by atoms with Crippen LogP contribution in [0, 0.1) is 5.92 Å². The highest BCUT2D eigenvalue weighted by atomic mass is 16.5. The number of aliphatic imine (C=N–C) groups is 1. The number of ether oxygens (including phenoxy) is 1. The van der Waals surface area contributed by atoms with Crippen molar-refractivity contribution in [3.8, 4) is 0 Å². The number of hydrogen-bond donors (Lipinski definition) is 1. The van der Waals surface area contributed by atoms with E-state index < -0.39 is 0 Å². The normalized spacial score (nSPS) is 15.6. The Morgan fingerprint density at radius 2 is 1.70 bits per heavy atom. The van der Waals surface area contributed by atoms with Crippen LogP contribution >= 0.6 is 0 Å². The first-order chi connectivity index (χ1) is 22.5. The standard InChI is InChI=1S/C27H43N5O2.C11H12.C2H6/c1-9-24(10-2)18-27(33)34-19-30(7)23(6)15-20(3)21(4)16-25-29-22(5)17-26(31(25)8)32-13-11-28-12-14-32;1-3-7-10(2)11-8-5-4-6-9-11;1-2/h15-17,24,28H,3-4,9-14,18-19H2,1-2,5-8H3;3-9H,2H2,1H3;1-2H3/b23-15-,25-16-;7-3-;. The third kappa shape index (κ3) is 14.5. The second-order valence-corrected chi connectivity index (χ2v) is 11.5. The van der Waals surface area contributed by atoms with Crippen LogP contribution in [0.3, 0.4) is 0 Å². The van der Waals surface area contributed by atoms with Gasteiger partial charge in [-0.3, -0.25) is 4.79 Å². The van der Waals surface area contributed by atoms with Crippen LogP contribution in [-0.2, 0) is 9.53 Å². The number of carbonyl (C=O) groups is 1. The molecule has 0 aromatic heterocycles. The third-order valence-corrected chi connectivity index (χ3v) is 8.00. The maximum absolute atomic E-state index is 12.1. The summed E-state index contributed by atoms with van der Waals surface area (Å²) < 4.78 is 5.46. The molecule has 3 rings (SSSR count). The van der Waals surface area contributed by atoms with Gasteiger partial charge in [-0.05, 0) is 61.1 Å². The number of nitrogens with zero attached hydrogens (tertiary/aromatic N) is 4. The number of allylic oxidation sites excluding steroid dienone is 9. The summed E-state index contributed by atoms with van der Waals surface area (Å²) in [7, 11) is 3.94. The third-order valence-electron chi connectivity index (χ3n) is 8.00. The predicted molar refractivity (Wildman–Crippen MR) is 203 cm³/mol. The molecule has 7 heteroatoms. The minimum atomic E-state index is -0.150. The summed E-state index contributed by atoms with van der Waals surface area (Å²) in [4.78, 5) is 23.2. The van der Waals surface area contributed by atoms with Crippen LogP contribution in [0.1, 0.15) is 73.3 Å². The van der Waals surface area contributed by atoms with Crippen molar-refractivity contribution in [2.24, 2.45) is 10.9 Å². The molecular formula is C40H61N5O2. The number of carbonyl (C=O) groups excluding carboxylic acids is 1. The van der Waals surface area contributed by atoms with E-state index in [1.165, 1.54) is 5.56 Å². The maximum Gasteiger partial charge on any atom is 0.307 e. The van der Waals surface area contributed by atoms with E-state index in [1.807, 2.05) is 96.1 Å². The fourth-order valence-corrected chi connectivity index (χ4v) is 4.81. The van der Waals surface area contributed by atoms with Gasteiger partial charge in [0.15, 0.2) is 6.73 Å². The lowest BCUT2D eigenvalue weighted by Gasteiger charge is -2.38. The minimum absolute atomic E-state index is 0.150. The Morgan fingerprint density at radius 3 is 2.28 bits per heavy atom. The van der Waals surface area contributed by atoms with Crippen molar-refractivity contribution in [2.45, 2.75) is 67.7 Å². The van der Waals surface area contributed by atoms with Gasteiger partial charge in [0, 0.05) is 64.2 Å². The van der Waals surface area contributed by atoms with Crippen LogP contribution in [0.4, 0.5) is 0 Å². The smallest absolute Gasteiger partial charge is 0.307 e. The van der Waals surface area contributed by atoms with Crippen molar-refractivity contribution in [2.75, 3.05) is 47.0 Å². The minimum Gasteiger partial charge on any atom is -0.444 e. The molecule has 0 aliphatic carbocycles. The molecule has 2 aliphatic rings. The molecule has 0 amide bonds. The highest BCUT2D eigenvalue weighted by Gasteiger charge is 2.22. The Labute approximate surface area is 286 Å². The van der Waals surface area contributed by atoms with E-state index in [0.717, 1.165) is 78.8 Å². The van der Waals surface area contributed by atoms with Gasteiger partial charge in [-0.2, -0.15) is 0 Å². The fourth-order valence-electron chi connectivity index (χ4n) is 4.81. The predicted octanol–water partition coefficient (Wildman–Crippen LogP) is 8.56. The van der Waals surface area contributed by atoms with Crippen LogP contribution in [0.15, 0.2) is 114 Å². The molecule has 1 aromatic carbocycles. The Morgan fingerprint density at radius 1 is 1.09 bits per heavy atom. The van der Waals surface area contributed by atoms with Gasteiger partial charge in [0.2, 0.25) is 0 Å². The van der Waals surface area contributed by atoms with E-state index in [-0.39, 0.29) is 12.7 Å². The number of hydrogen-bond acceptors (Lipinski definition) is 7. The quantitative estimate of drug-likeness (QED) is 0.132. The first-order valence-corrected chi connectivity index (χ1v) is 17.0.